The van der Waals surface area contributed by atoms with Crippen molar-refractivity contribution in [2.24, 2.45) is 0 Å². The normalized spacial score (nSPS) is 16.8. The molecule has 1 aliphatic rings. The lowest BCUT2D eigenvalue weighted by Crippen LogP contribution is -2.16. The van der Waals surface area contributed by atoms with Gasteiger partial charge in [0.1, 0.15) is 5.78 Å². The van der Waals surface area contributed by atoms with Gasteiger partial charge >= 0.3 is 0 Å². The summed E-state index contributed by atoms with van der Waals surface area (Å²) in [6, 6.07) is 10.0. The Labute approximate surface area is 100 Å². The molecule has 1 aromatic carbocycles. The standard InChI is InChI=1S/C14H14N2O/c1-11(17)14(7-8-14)12-3-5-13(6-4-12)16-10-2-9-15-16/h2-6,9-10H,7-8H2,1H3. The van der Waals surface area contributed by atoms with Crippen molar-refractivity contribution in [3.05, 3.63) is 48.3 Å². The van der Waals surface area contributed by atoms with Gasteiger partial charge in [0.2, 0.25) is 0 Å². The van der Waals surface area contributed by atoms with E-state index in [1.807, 2.05) is 41.2 Å². The summed E-state index contributed by atoms with van der Waals surface area (Å²) in [5, 5.41) is 4.18. The molecule has 0 amide bonds. The van der Waals surface area contributed by atoms with Crippen molar-refractivity contribution in [2.75, 3.05) is 0 Å². The highest BCUT2D eigenvalue weighted by Crippen LogP contribution is 2.48. The first kappa shape index (κ1) is 10.3. The molecule has 1 fully saturated rings. The van der Waals surface area contributed by atoms with Gasteiger partial charge in [-0.3, -0.25) is 4.79 Å². The van der Waals surface area contributed by atoms with Crippen molar-refractivity contribution in [3.63, 3.8) is 0 Å². The summed E-state index contributed by atoms with van der Waals surface area (Å²) in [5.41, 5.74) is 1.99. The van der Waals surface area contributed by atoms with Crippen LogP contribution in [0, 0.1) is 0 Å². The quantitative estimate of drug-likeness (QED) is 0.806. The van der Waals surface area contributed by atoms with Crippen molar-refractivity contribution >= 4 is 5.78 Å². The van der Waals surface area contributed by atoms with Crippen LogP contribution in [0.25, 0.3) is 5.69 Å². The molecular formula is C14H14N2O. The third kappa shape index (κ3) is 1.58. The minimum absolute atomic E-state index is 0.178. The first-order chi connectivity index (χ1) is 8.22. The minimum Gasteiger partial charge on any atom is -0.299 e. The Kier molecular flexibility index (Phi) is 2.15. The van der Waals surface area contributed by atoms with Gasteiger partial charge in [0, 0.05) is 12.4 Å². The molecule has 0 aliphatic heterocycles. The molecule has 86 valence electrons. The second-order valence-corrected chi connectivity index (χ2v) is 4.64. The van der Waals surface area contributed by atoms with Gasteiger partial charge in [0.25, 0.3) is 0 Å². The topological polar surface area (TPSA) is 34.9 Å². The number of carbonyl (C=O) groups is 1. The first-order valence-corrected chi connectivity index (χ1v) is 5.84. The Hall–Kier alpha value is -1.90. The van der Waals surface area contributed by atoms with Gasteiger partial charge in [-0.05, 0) is 43.5 Å². The van der Waals surface area contributed by atoms with Crippen molar-refractivity contribution in [1.29, 1.82) is 0 Å². The Morgan fingerprint density at radius 2 is 2.00 bits per heavy atom. The fourth-order valence-corrected chi connectivity index (χ4v) is 2.32. The maximum Gasteiger partial charge on any atom is 0.140 e. The first-order valence-electron chi connectivity index (χ1n) is 5.84. The third-order valence-electron chi connectivity index (χ3n) is 3.61. The van der Waals surface area contributed by atoms with E-state index in [1.54, 1.807) is 13.1 Å². The number of Topliss-reactive ketones (excluding diaryl/α,β-unsaturated/α-hetero) is 1. The lowest BCUT2D eigenvalue weighted by atomic mass is 9.92. The summed E-state index contributed by atoms with van der Waals surface area (Å²) in [7, 11) is 0. The molecule has 0 N–H and O–H groups in total. The number of hydrogen-bond donors (Lipinski definition) is 0. The van der Waals surface area contributed by atoms with E-state index in [2.05, 4.69) is 5.10 Å². The molecule has 3 heteroatoms. The molecule has 1 saturated carbocycles. The predicted molar refractivity (Wildman–Crippen MR) is 65.2 cm³/mol. The van der Waals surface area contributed by atoms with E-state index < -0.39 is 0 Å². The second kappa shape index (κ2) is 3.55. The number of hydrogen-bond acceptors (Lipinski definition) is 2. The number of carbonyl (C=O) groups excluding carboxylic acids is 1. The Morgan fingerprint density at radius 3 is 2.47 bits per heavy atom. The highest BCUT2D eigenvalue weighted by atomic mass is 16.1. The zero-order valence-electron chi connectivity index (χ0n) is 9.76. The van der Waals surface area contributed by atoms with E-state index in [1.165, 1.54) is 0 Å². The summed E-state index contributed by atoms with van der Waals surface area (Å²) in [6.45, 7) is 1.69. The van der Waals surface area contributed by atoms with Crippen LogP contribution >= 0.6 is 0 Å². The lowest BCUT2D eigenvalue weighted by Gasteiger charge is -2.12. The van der Waals surface area contributed by atoms with E-state index in [0.717, 1.165) is 24.1 Å². The average Bonchev–Trinajstić information content (AvgIpc) is 2.98. The van der Waals surface area contributed by atoms with Gasteiger partial charge in [0.05, 0.1) is 11.1 Å². The van der Waals surface area contributed by atoms with Gasteiger partial charge in [0.15, 0.2) is 0 Å². The van der Waals surface area contributed by atoms with Gasteiger partial charge in [-0.25, -0.2) is 4.68 Å². The van der Waals surface area contributed by atoms with Gasteiger partial charge < -0.3 is 0 Å². The van der Waals surface area contributed by atoms with Crippen LogP contribution in [0.1, 0.15) is 25.3 Å². The Morgan fingerprint density at radius 1 is 1.29 bits per heavy atom. The van der Waals surface area contributed by atoms with Crippen molar-refractivity contribution < 1.29 is 4.79 Å². The van der Waals surface area contributed by atoms with Crippen LogP contribution in [-0.2, 0) is 10.2 Å². The van der Waals surface area contributed by atoms with Crippen LogP contribution in [0.2, 0.25) is 0 Å². The van der Waals surface area contributed by atoms with Crippen molar-refractivity contribution in [3.8, 4) is 5.69 Å². The van der Waals surface area contributed by atoms with Crippen LogP contribution < -0.4 is 0 Å². The van der Waals surface area contributed by atoms with E-state index >= 15 is 0 Å². The lowest BCUT2D eigenvalue weighted by molar-refractivity contribution is -0.119. The molecule has 0 bridgehead atoms. The molecule has 0 saturated heterocycles. The third-order valence-corrected chi connectivity index (χ3v) is 3.61. The highest BCUT2D eigenvalue weighted by Gasteiger charge is 2.48. The number of ketones is 1. The summed E-state index contributed by atoms with van der Waals surface area (Å²) in [4.78, 5) is 11.6. The SMILES string of the molecule is CC(=O)C1(c2ccc(-n3cccn3)cc2)CC1. The summed E-state index contributed by atoms with van der Waals surface area (Å²) in [6.07, 6.45) is 5.64. The molecule has 1 aromatic heterocycles. The Bertz CT molecular complexity index is 536. The van der Waals surface area contributed by atoms with E-state index in [9.17, 15) is 4.79 Å². The molecule has 3 rings (SSSR count). The van der Waals surface area contributed by atoms with Gasteiger partial charge in [-0.15, -0.1) is 0 Å². The largest absolute Gasteiger partial charge is 0.299 e. The van der Waals surface area contributed by atoms with Crippen LogP contribution in [-0.4, -0.2) is 15.6 Å². The molecule has 1 aliphatic carbocycles. The van der Waals surface area contributed by atoms with E-state index in [-0.39, 0.29) is 11.2 Å². The highest BCUT2D eigenvalue weighted by molar-refractivity contribution is 5.91. The molecular weight excluding hydrogens is 212 g/mol. The second-order valence-electron chi connectivity index (χ2n) is 4.64. The number of nitrogens with zero attached hydrogens (tertiary/aromatic N) is 2. The molecule has 0 spiro atoms. The molecule has 17 heavy (non-hydrogen) atoms. The van der Waals surface area contributed by atoms with Crippen molar-refractivity contribution in [1.82, 2.24) is 9.78 Å². The molecule has 0 radical (unpaired) electrons. The molecule has 0 unspecified atom stereocenters. The van der Waals surface area contributed by atoms with Gasteiger partial charge in [-0.2, -0.15) is 5.10 Å². The minimum atomic E-state index is -0.178. The van der Waals surface area contributed by atoms with E-state index in [4.69, 9.17) is 0 Å². The van der Waals surface area contributed by atoms with Crippen molar-refractivity contribution in [2.45, 2.75) is 25.2 Å². The molecule has 3 nitrogen and oxygen atoms in total. The predicted octanol–water partition coefficient (Wildman–Crippen LogP) is 2.49. The maximum absolute atomic E-state index is 11.6. The Balaban J connectivity index is 1.94. The summed E-state index contributed by atoms with van der Waals surface area (Å²) < 4.78 is 1.82. The summed E-state index contributed by atoms with van der Waals surface area (Å²) in [5.74, 6) is 0.282. The zero-order valence-corrected chi connectivity index (χ0v) is 9.76. The van der Waals surface area contributed by atoms with Crippen LogP contribution in [0.15, 0.2) is 42.7 Å². The van der Waals surface area contributed by atoms with Crippen LogP contribution in [0.5, 0.6) is 0 Å². The average molecular weight is 226 g/mol. The molecule has 2 aromatic rings. The summed E-state index contributed by atoms with van der Waals surface area (Å²) >= 11 is 0. The smallest absolute Gasteiger partial charge is 0.140 e. The van der Waals surface area contributed by atoms with Gasteiger partial charge in [-0.1, -0.05) is 12.1 Å². The molecule has 1 heterocycles. The zero-order chi connectivity index (χ0) is 11.9. The van der Waals surface area contributed by atoms with E-state index in [0.29, 0.717) is 0 Å². The number of rotatable bonds is 3. The number of aromatic nitrogens is 2. The fourth-order valence-electron chi connectivity index (χ4n) is 2.32. The van der Waals surface area contributed by atoms with Crippen LogP contribution in [0.4, 0.5) is 0 Å². The van der Waals surface area contributed by atoms with Crippen LogP contribution in [0.3, 0.4) is 0 Å². The fraction of sp³-hybridized carbons (Fsp3) is 0.286. The molecule has 0 atom stereocenters. The monoisotopic (exact) mass is 226 g/mol. The number of benzene rings is 1. The maximum atomic E-state index is 11.6.